The quantitative estimate of drug-likeness (QED) is 0.564. The first kappa shape index (κ1) is 17.3. The zero-order valence-corrected chi connectivity index (χ0v) is 16.1. The number of anilines is 1. The van der Waals surface area contributed by atoms with Gasteiger partial charge in [0.15, 0.2) is 5.82 Å². The lowest BCUT2D eigenvalue weighted by Crippen LogP contribution is -2.36. The Morgan fingerprint density at radius 2 is 1.75 bits per heavy atom. The summed E-state index contributed by atoms with van der Waals surface area (Å²) in [7, 11) is 0. The molecule has 0 spiro atoms. The Kier molecular flexibility index (Phi) is 4.50. The van der Waals surface area contributed by atoms with Gasteiger partial charge in [-0.15, -0.1) is 11.3 Å². The summed E-state index contributed by atoms with van der Waals surface area (Å²) in [5.41, 5.74) is 3.10. The van der Waals surface area contributed by atoms with E-state index in [4.69, 9.17) is 9.97 Å². The Morgan fingerprint density at radius 1 is 0.964 bits per heavy atom. The maximum Gasteiger partial charge on any atom is 0.181 e. The molecule has 0 atom stereocenters. The van der Waals surface area contributed by atoms with E-state index in [1.54, 1.807) is 17.5 Å². The van der Waals surface area contributed by atoms with Gasteiger partial charge in [0, 0.05) is 30.2 Å². The summed E-state index contributed by atoms with van der Waals surface area (Å²) in [6.45, 7) is 1.58. The van der Waals surface area contributed by atoms with Crippen molar-refractivity contribution in [2.75, 3.05) is 18.0 Å². The van der Waals surface area contributed by atoms with E-state index in [2.05, 4.69) is 39.5 Å². The second kappa shape index (κ2) is 7.30. The fraction of sp³-hybridized carbons (Fsp3) is 0.227. The van der Waals surface area contributed by atoms with Gasteiger partial charge in [-0.05, 0) is 30.5 Å². The molecule has 1 saturated heterocycles. The molecule has 0 aliphatic carbocycles. The van der Waals surface area contributed by atoms with Crippen molar-refractivity contribution in [3.63, 3.8) is 0 Å². The lowest BCUT2D eigenvalue weighted by Gasteiger charge is -2.31. The van der Waals surface area contributed by atoms with E-state index < -0.39 is 0 Å². The summed E-state index contributed by atoms with van der Waals surface area (Å²) >= 11 is 1.64. The average Bonchev–Trinajstić information content (AvgIpc) is 3.19. The number of benzene rings is 1. The summed E-state index contributed by atoms with van der Waals surface area (Å²) < 4.78 is 0. The van der Waals surface area contributed by atoms with Crippen LogP contribution in [0, 0.1) is 0 Å². The molecule has 5 nitrogen and oxygen atoms in total. The largest absolute Gasteiger partial charge is 0.393 e. The van der Waals surface area contributed by atoms with Crippen molar-refractivity contribution >= 4 is 27.4 Å². The number of hydrogen-bond acceptors (Lipinski definition) is 6. The van der Waals surface area contributed by atoms with Crippen molar-refractivity contribution in [3.05, 3.63) is 60.1 Å². The van der Waals surface area contributed by atoms with Crippen molar-refractivity contribution in [3.8, 4) is 22.6 Å². The number of aliphatic hydroxyl groups is 1. The van der Waals surface area contributed by atoms with Gasteiger partial charge in [-0.3, -0.25) is 4.98 Å². The lowest BCUT2D eigenvalue weighted by molar-refractivity contribution is 0.145. The number of pyridine rings is 1. The van der Waals surface area contributed by atoms with Crippen molar-refractivity contribution in [1.29, 1.82) is 0 Å². The highest BCUT2D eigenvalue weighted by Crippen LogP contribution is 2.39. The van der Waals surface area contributed by atoms with Crippen LogP contribution in [0.2, 0.25) is 0 Å². The predicted molar refractivity (Wildman–Crippen MR) is 114 cm³/mol. The monoisotopic (exact) mass is 388 g/mol. The molecule has 0 radical (unpaired) electrons. The molecule has 1 aromatic carbocycles. The van der Waals surface area contributed by atoms with Gasteiger partial charge in [-0.1, -0.05) is 36.4 Å². The molecule has 1 N–H and O–H groups in total. The molecule has 140 valence electrons. The number of fused-ring (bicyclic) bond motifs is 1. The van der Waals surface area contributed by atoms with Crippen molar-refractivity contribution in [2.24, 2.45) is 0 Å². The summed E-state index contributed by atoms with van der Waals surface area (Å²) in [6.07, 6.45) is 3.06. The Balaban J connectivity index is 1.71. The molecule has 4 heterocycles. The van der Waals surface area contributed by atoms with Gasteiger partial charge in [0.05, 0.1) is 11.5 Å². The van der Waals surface area contributed by atoms with Crippen LogP contribution in [0.3, 0.4) is 0 Å². The summed E-state index contributed by atoms with van der Waals surface area (Å²) in [6, 6.07) is 16.2. The number of aromatic nitrogens is 3. The third-order valence-corrected chi connectivity index (χ3v) is 6.03. The molecule has 1 fully saturated rings. The van der Waals surface area contributed by atoms with Crippen LogP contribution >= 0.6 is 11.3 Å². The standard InChI is InChI=1S/C22H20N4OS/c27-16-9-12-26(13-10-16)21-19-17(15-6-2-1-3-7-15)14-28-22(19)25-20(24-21)18-8-4-5-11-23-18/h1-8,11,14,16,27H,9-10,12-13H2. The normalized spacial score (nSPS) is 15.2. The number of rotatable bonds is 3. The van der Waals surface area contributed by atoms with Gasteiger partial charge in [0.25, 0.3) is 0 Å². The van der Waals surface area contributed by atoms with Crippen LogP contribution in [-0.4, -0.2) is 39.3 Å². The van der Waals surface area contributed by atoms with Gasteiger partial charge in [-0.2, -0.15) is 0 Å². The van der Waals surface area contributed by atoms with Crippen LogP contribution in [0.4, 0.5) is 5.82 Å². The van der Waals surface area contributed by atoms with Gasteiger partial charge >= 0.3 is 0 Å². The first-order chi connectivity index (χ1) is 13.8. The second-order valence-corrected chi connectivity index (χ2v) is 7.86. The highest BCUT2D eigenvalue weighted by atomic mass is 32.1. The molecule has 0 saturated carbocycles. The van der Waals surface area contributed by atoms with Crippen LogP contribution in [0.15, 0.2) is 60.1 Å². The first-order valence-electron chi connectivity index (χ1n) is 9.48. The molecule has 4 aromatic rings. The molecular formula is C22H20N4OS. The number of aliphatic hydroxyl groups excluding tert-OH is 1. The molecule has 6 heteroatoms. The van der Waals surface area contributed by atoms with Crippen LogP contribution < -0.4 is 4.90 Å². The van der Waals surface area contributed by atoms with Crippen LogP contribution in [0.5, 0.6) is 0 Å². The summed E-state index contributed by atoms with van der Waals surface area (Å²) in [5, 5.41) is 13.2. The fourth-order valence-electron chi connectivity index (χ4n) is 3.67. The van der Waals surface area contributed by atoms with E-state index in [-0.39, 0.29) is 6.10 Å². The predicted octanol–water partition coefficient (Wildman–Crippen LogP) is 4.38. The topological polar surface area (TPSA) is 62.1 Å². The smallest absolute Gasteiger partial charge is 0.181 e. The Labute approximate surface area is 167 Å². The minimum atomic E-state index is -0.222. The molecule has 3 aromatic heterocycles. The number of piperidine rings is 1. The molecule has 0 amide bonds. The Hall–Kier alpha value is -2.83. The van der Waals surface area contributed by atoms with Gasteiger partial charge < -0.3 is 10.0 Å². The zero-order valence-electron chi connectivity index (χ0n) is 15.3. The maximum atomic E-state index is 9.94. The molecule has 1 aliphatic heterocycles. The third-order valence-electron chi connectivity index (χ3n) is 5.16. The minimum absolute atomic E-state index is 0.222. The Bertz CT molecular complexity index is 1090. The Morgan fingerprint density at radius 3 is 2.50 bits per heavy atom. The first-order valence-corrected chi connectivity index (χ1v) is 10.4. The summed E-state index contributed by atoms with van der Waals surface area (Å²) in [4.78, 5) is 17.5. The molecular weight excluding hydrogens is 368 g/mol. The van der Waals surface area contributed by atoms with Crippen molar-refractivity contribution < 1.29 is 5.11 Å². The van der Waals surface area contributed by atoms with E-state index in [9.17, 15) is 5.11 Å². The molecule has 28 heavy (non-hydrogen) atoms. The van der Waals surface area contributed by atoms with E-state index in [0.717, 1.165) is 53.2 Å². The highest BCUT2D eigenvalue weighted by molar-refractivity contribution is 7.17. The lowest BCUT2D eigenvalue weighted by atomic mass is 10.0. The van der Waals surface area contributed by atoms with Crippen molar-refractivity contribution in [2.45, 2.75) is 18.9 Å². The SMILES string of the molecule is OC1CCN(c2nc(-c3ccccn3)nc3scc(-c4ccccc4)c23)CC1. The molecule has 0 unspecified atom stereocenters. The fourth-order valence-corrected chi connectivity index (χ4v) is 4.61. The van der Waals surface area contributed by atoms with Crippen LogP contribution in [0.25, 0.3) is 32.9 Å². The number of nitrogens with zero attached hydrogens (tertiary/aromatic N) is 4. The molecule has 5 rings (SSSR count). The second-order valence-electron chi connectivity index (χ2n) is 7.00. The van der Waals surface area contributed by atoms with Crippen LogP contribution in [-0.2, 0) is 0 Å². The zero-order chi connectivity index (χ0) is 18.9. The number of hydrogen-bond donors (Lipinski definition) is 1. The third kappa shape index (κ3) is 3.15. The number of thiophene rings is 1. The van der Waals surface area contributed by atoms with E-state index in [1.165, 1.54) is 5.56 Å². The van der Waals surface area contributed by atoms with Crippen LogP contribution in [0.1, 0.15) is 12.8 Å². The van der Waals surface area contributed by atoms with Gasteiger partial charge in [-0.25, -0.2) is 9.97 Å². The highest BCUT2D eigenvalue weighted by Gasteiger charge is 2.24. The van der Waals surface area contributed by atoms with Crippen molar-refractivity contribution in [1.82, 2.24) is 15.0 Å². The average molecular weight is 388 g/mol. The maximum absolute atomic E-state index is 9.94. The van der Waals surface area contributed by atoms with Gasteiger partial charge in [0.1, 0.15) is 16.3 Å². The molecule has 1 aliphatic rings. The van der Waals surface area contributed by atoms with E-state index >= 15 is 0 Å². The molecule has 0 bridgehead atoms. The summed E-state index contributed by atoms with van der Waals surface area (Å²) in [5.74, 6) is 1.59. The van der Waals surface area contributed by atoms with Gasteiger partial charge in [0.2, 0.25) is 0 Å². The minimum Gasteiger partial charge on any atom is -0.393 e. The van der Waals surface area contributed by atoms with E-state index in [0.29, 0.717) is 5.82 Å². The van der Waals surface area contributed by atoms with E-state index in [1.807, 2.05) is 24.3 Å².